The molecule has 0 spiro atoms. The molecule has 0 atom stereocenters. The van der Waals surface area contributed by atoms with Gasteiger partial charge in [0.1, 0.15) is 0 Å². The minimum atomic E-state index is -3.25. The predicted octanol–water partition coefficient (Wildman–Crippen LogP) is 2.62. The van der Waals surface area contributed by atoms with E-state index in [2.05, 4.69) is 10.0 Å². The Bertz CT molecular complexity index is 708. The van der Waals surface area contributed by atoms with Gasteiger partial charge in [-0.3, -0.25) is 4.72 Å². The fourth-order valence-electron chi connectivity index (χ4n) is 1.76. The molecule has 0 saturated carbocycles. The molecule has 1 aromatic carbocycles. The SMILES string of the molecule is Cc1cc(NCc2sccc2N)ccc1NS(C)(=O)=O. The van der Waals surface area contributed by atoms with Gasteiger partial charge in [-0.15, -0.1) is 11.3 Å². The third-order valence-electron chi connectivity index (χ3n) is 2.75. The molecular weight excluding hydrogens is 294 g/mol. The van der Waals surface area contributed by atoms with E-state index in [1.165, 1.54) is 0 Å². The lowest BCUT2D eigenvalue weighted by Crippen LogP contribution is -2.10. The molecule has 0 bridgehead atoms. The average Bonchev–Trinajstić information content (AvgIpc) is 2.74. The summed E-state index contributed by atoms with van der Waals surface area (Å²) in [5, 5.41) is 5.23. The van der Waals surface area contributed by atoms with E-state index in [1.54, 1.807) is 17.4 Å². The molecular formula is C13H17N3O2S2. The van der Waals surface area contributed by atoms with Crippen LogP contribution in [0.2, 0.25) is 0 Å². The van der Waals surface area contributed by atoms with Crippen LogP contribution in [0, 0.1) is 6.92 Å². The maximum absolute atomic E-state index is 11.2. The van der Waals surface area contributed by atoms with Crippen LogP contribution < -0.4 is 15.8 Å². The molecule has 20 heavy (non-hydrogen) atoms. The smallest absolute Gasteiger partial charge is 0.229 e. The van der Waals surface area contributed by atoms with Crippen LogP contribution in [0.25, 0.3) is 0 Å². The molecule has 2 aromatic rings. The van der Waals surface area contributed by atoms with Crippen LogP contribution in [0.3, 0.4) is 0 Å². The molecule has 5 nitrogen and oxygen atoms in total. The van der Waals surface area contributed by atoms with Crippen molar-refractivity contribution in [1.82, 2.24) is 0 Å². The van der Waals surface area contributed by atoms with Crippen molar-refractivity contribution in [2.24, 2.45) is 0 Å². The molecule has 1 heterocycles. The number of anilines is 3. The van der Waals surface area contributed by atoms with Crippen LogP contribution in [-0.4, -0.2) is 14.7 Å². The summed E-state index contributed by atoms with van der Waals surface area (Å²) in [6, 6.07) is 7.37. The van der Waals surface area contributed by atoms with E-state index < -0.39 is 10.0 Å². The van der Waals surface area contributed by atoms with Gasteiger partial charge in [-0.25, -0.2) is 8.42 Å². The van der Waals surface area contributed by atoms with E-state index in [1.807, 2.05) is 30.5 Å². The summed E-state index contributed by atoms with van der Waals surface area (Å²) in [5.74, 6) is 0. The number of thiophene rings is 1. The topological polar surface area (TPSA) is 84.2 Å². The number of nitrogens with one attached hydrogen (secondary N) is 2. The van der Waals surface area contributed by atoms with E-state index in [0.29, 0.717) is 12.2 Å². The van der Waals surface area contributed by atoms with Crippen LogP contribution in [0.15, 0.2) is 29.6 Å². The van der Waals surface area contributed by atoms with Crippen molar-refractivity contribution in [3.8, 4) is 0 Å². The van der Waals surface area contributed by atoms with Crippen molar-refractivity contribution in [3.63, 3.8) is 0 Å². The standard InChI is InChI=1S/C13H17N3O2S2/c1-9-7-10(3-4-12(9)16-20(2,17)18)15-8-13-11(14)5-6-19-13/h3-7,15-16H,8,14H2,1-2H3. The van der Waals surface area contributed by atoms with E-state index in [0.717, 1.165) is 28.1 Å². The van der Waals surface area contributed by atoms with Gasteiger partial charge in [-0.05, 0) is 42.1 Å². The summed E-state index contributed by atoms with van der Waals surface area (Å²) >= 11 is 1.60. The first-order valence-electron chi connectivity index (χ1n) is 5.99. The Morgan fingerprint density at radius 1 is 1.30 bits per heavy atom. The third-order valence-corrected chi connectivity index (χ3v) is 4.28. The van der Waals surface area contributed by atoms with Crippen molar-refractivity contribution in [3.05, 3.63) is 40.1 Å². The summed E-state index contributed by atoms with van der Waals surface area (Å²) < 4.78 is 24.9. The fourth-order valence-corrected chi connectivity index (χ4v) is 3.13. The quantitative estimate of drug-likeness (QED) is 0.792. The molecule has 0 aliphatic rings. The van der Waals surface area contributed by atoms with E-state index in [9.17, 15) is 8.42 Å². The first kappa shape index (κ1) is 14.7. The maximum Gasteiger partial charge on any atom is 0.229 e. The summed E-state index contributed by atoms with van der Waals surface area (Å²) in [6.07, 6.45) is 1.14. The Balaban J connectivity index is 2.07. The summed E-state index contributed by atoms with van der Waals surface area (Å²) in [4.78, 5) is 1.08. The molecule has 0 fully saturated rings. The van der Waals surface area contributed by atoms with Crippen molar-refractivity contribution in [1.29, 1.82) is 0 Å². The number of aryl methyl sites for hydroxylation is 1. The highest BCUT2D eigenvalue weighted by molar-refractivity contribution is 7.92. The second kappa shape index (κ2) is 5.72. The van der Waals surface area contributed by atoms with Crippen molar-refractivity contribution in [2.75, 3.05) is 22.0 Å². The molecule has 7 heteroatoms. The first-order chi connectivity index (χ1) is 9.35. The van der Waals surface area contributed by atoms with Gasteiger partial charge < -0.3 is 11.1 Å². The summed E-state index contributed by atoms with van der Waals surface area (Å²) in [7, 11) is -3.25. The zero-order chi connectivity index (χ0) is 14.8. The monoisotopic (exact) mass is 311 g/mol. The largest absolute Gasteiger partial charge is 0.398 e. The summed E-state index contributed by atoms with van der Waals surface area (Å²) in [6.45, 7) is 2.51. The van der Waals surface area contributed by atoms with Gasteiger partial charge in [-0.2, -0.15) is 0 Å². The Labute approximate surface area is 122 Å². The van der Waals surface area contributed by atoms with Gasteiger partial charge in [0.05, 0.1) is 18.5 Å². The minimum Gasteiger partial charge on any atom is -0.398 e. The molecule has 0 radical (unpaired) electrons. The molecule has 0 aliphatic heterocycles. The van der Waals surface area contributed by atoms with E-state index in [4.69, 9.17) is 5.73 Å². The van der Waals surface area contributed by atoms with Crippen LogP contribution >= 0.6 is 11.3 Å². The van der Waals surface area contributed by atoms with Crippen LogP contribution in [-0.2, 0) is 16.6 Å². The normalized spacial score (nSPS) is 11.3. The number of nitrogens with two attached hydrogens (primary N) is 1. The molecule has 0 unspecified atom stereocenters. The lowest BCUT2D eigenvalue weighted by molar-refractivity contribution is 0.607. The number of rotatable bonds is 5. The second-order valence-corrected chi connectivity index (χ2v) is 7.31. The highest BCUT2D eigenvalue weighted by Gasteiger charge is 2.06. The molecule has 0 aliphatic carbocycles. The maximum atomic E-state index is 11.2. The lowest BCUT2D eigenvalue weighted by atomic mass is 10.2. The predicted molar refractivity (Wildman–Crippen MR) is 85.7 cm³/mol. The number of benzene rings is 1. The second-order valence-electron chi connectivity index (χ2n) is 4.56. The van der Waals surface area contributed by atoms with Crippen molar-refractivity contribution >= 4 is 38.4 Å². The molecule has 0 amide bonds. The average molecular weight is 311 g/mol. The number of hydrogen-bond acceptors (Lipinski definition) is 5. The first-order valence-corrected chi connectivity index (χ1v) is 8.76. The Morgan fingerprint density at radius 2 is 2.05 bits per heavy atom. The molecule has 2 rings (SSSR count). The molecule has 108 valence electrons. The van der Waals surface area contributed by atoms with Crippen molar-refractivity contribution in [2.45, 2.75) is 13.5 Å². The number of sulfonamides is 1. The molecule has 1 aromatic heterocycles. The van der Waals surface area contributed by atoms with Gasteiger partial charge in [0.2, 0.25) is 10.0 Å². The van der Waals surface area contributed by atoms with Crippen LogP contribution in [0.4, 0.5) is 17.1 Å². The Hall–Kier alpha value is -1.73. The highest BCUT2D eigenvalue weighted by Crippen LogP contribution is 2.23. The van der Waals surface area contributed by atoms with Gasteiger partial charge in [0.15, 0.2) is 0 Å². The zero-order valence-electron chi connectivity index (χ0n) is 11.3. The Kier molecular flexibility index (Phi) is 4.20. The minimum absolute atomic E-state index is 0.591. The van der Waals surface area contributed by atoms with Crippen LogP contribution in [0.5, 0.6) is 0 Å². The van der Waals surface area contributed by atoms with E-state index in [-0.39, 0.29) is 0 Å². The fraction of sp³-hybridized carbons (Fsp3) is 0.231. The number of nitrogen functional groups attached to an aromatic ring is 1. The highest BCUT2D eigenvalue weighted by atomic mass is 32.2. The Morgan fingerprint density at radius 3 is 2.60 bits per heavy atom. The molecule has 0 saturated heterocycles. The van der Waals surface area contributed by atoms with Gasteiger partial charge >= 0.3 is 0 Å². The van der Waals surface area contributed by atoms with Crippen molar-refractivity contribution < 1.29 is 8.42 Å². The van der Waals surface area contributed by atoms with Gasteiger partial charge in [0.25, 0.3) is 0 Å². The van der Waals surface area contributed by atoms with E-state index >= 15 is 0 Å². The lowest BCUT2D eigenvalue weighted by Gasteiger charge is -2.11. The third kappa shape index (κ3) is 3.88. The number of hydrogen-bond donors (Lipinski definition) is 3. The zero-order valence-corrected chi connectivity index (χ0v) is 12.9. The van der Waals surface area contributed by atoms with Gasteiger partial charge in [0, 0.05) is 16.3 Å². The summed E-state index contributed by atoms with van der Waals surface area (Å²) in [5.41, 5.74) is 8.99. The van der Waals surface area contributed by atoms with Gasteiger partial charge in [-0.1, -0.05) is 0 Å². The van der Waals surface area contributed by atoms with Crippen LogP contribution in [0.1, 0.15) is 10.4 Å². The molecule has 4 N–H and O–H groups in total.